The van der Waals surface area contributed by atoms with Crippen LogP contribution in [0.25, 0.3) is 0 Å². The van der Waals surface area contributed by atoms with E-state index in [-0.39, 0.29) is 22.9 Å². The fourth-order valence-corrected chi connectivity index (χ4v) is 4.14. The second-order valence-electron chi connectivity index (χ2n) is 7.59. The van der Waals surface area contributed by atoms with Gasteiger partial charge in [-0.3, -0.25) is 9.48 Å². The summed E-state index contributed by atoms with van der Waals surface area (Å²) in [5.74, 6) is -0.739. The van der Waals surface area contributed by atoms with Crippen molar-refractivity contribution >= 4 is 23.5 Å². The van der Waals surface area contributed by atoms with Crippen LogP contribution in [0.1, 0.15) is 47.6 Å². The van der Waals surface area contributed by atoms with Crippen molar-refractivity contribution in [3.05, 3.63) is 52.8 Å². The summed E-state index contributed by atoms with van der Waals surface area (Å²) in [6.45, 7) is 1.35. The van der Waals surface area contributed by atoms with Gasteiger partial charge in [-0.25, -0.2) is 4.79 Å². The maximum Gasteiger partial charge on any atom is 0.338 e. The topological polar surface area (TPSA) is 75.4 Å². The molecule has 7 heteroatoms. The summed E-state index contributed by atoms with van der Waals surface area (Å²) in [6.07, 6.45) is 7.05. The summed E-state index contributed by atoms with van der Waals surface area (Å²) >= 11 is 6.28. The zero-order valence-corrected chi connectivity index (χ0v) is 15.7. The number of benzene rings is 1. The first-order valence-electron chi connectivity index (χ1n) is 9.29. The molecule has 1 amide bonds. The Labute approximate surface area is 162 Å². The molecule has 4 rings (SSSR count). The Morgan fingerprint density at radius 1 is 1.22 bits per heavy atom. The number of piperidine rings is 1. The largest absolute Gasteiger partial charge is 0.478 e. The number of carboxylic acids is 1. The van der Waals surface area contributed by atoms with Gasteiger partial charge in [0, 0.05) is 24.3 Å². The molecule has 0 unspecified atom stereocenters. The smallest absolute Gasteiger partial charge is 0.338 e. The Morgan fingerprint density at radius 2 is 1.93 bits per heavy atom. The monoisotopic (exact) mass is 387 g/mol. The molecule has 6 nitrogen and oxygen atoms in total. The van der Waals surface area contributed by atoms with Crippen LogP contribution < -0.4 is 0 Å². The lowest BCUT2D eigenvalue weighted by Gasteiger charge is -2.34. The molecule has 1 N–H and O–H groups in total. The molecule has 2 aliphatic rings. The molecular weight excluding hydrogens is 366 g/mol. The molecule has 2 aromatic rings. The zero-order chi connectivity index (χ0) is 19.0. The van der Waals surface area contributed by atoms with Gasteiger partial charge < -0.3 is 10.0 Å². The summed E-state index contributed by atoms with van der Waals surface area (Å²) in [5.41, 5.74) is 0.947. The minimum absolute atomic E-state index is 0.140. The first-order valence-corrected chi connectivity index (χ1v) is 9.66. The van der Waals surface area contributed by atoms with Gasteiger partial charge in [-0.15, -0.1) is 0 Å². The molecule has 0 bridgehead atoms. The molecule has 1 aliphatic heterocycles. The van der Waals surface area contributed by atoms with E-state index in [4.69, 9.17) is 16.7 Å². The third-order valence-electron chi connectivity index (χ3n) is 5.77. The molecular formula is C20H22ClN3O3. The number of rotatable bonds is 5. The van der Waals surface area contributed by atoms with E-state index < -0.39 is 5.97 Å². The van der Waals surface area contributed by atoms with Crippen molar-refractivity contribution in [1.29, 1.82) is 0 Å². The van der Waals surface area contributed by atoms with E-state index in [1.165, 1.54) is 6.20 Å². The van der Waals surface area contributed by atoms with E-state index >= 15 is 0 Å². The number of carbonyl (C=O) groups is 2. The second-order valence-corrected chi connectivity index (χ2v) is 7.99. The third kappa shape index (κ3) is 3.58. The summed E-state index contributed by atoms with van der Waals surface area (Å²) in [7, 11) is 0. The molecule has 1 aromatic heterocycles. The Bertz CT molecular complexity index is 867. The van der Waals surface area contributed by atoms with Gasteiger partial charge in [0.1, 0.15) is 0 Å². The summed E-state index contributed by atoms with van der Waals surface area (Å²) in [4.78, 5) is 26.1. The quantitative estimate of drug-likeness (QED) is 0.852. The van der Waals surface area contributed by atoms with Crippen LogP contribution in [0.2, 0.25) is 5.02 Å². The molecule has 142 valence electrons. The zero-order valence-electron chi connectivity index (χ0n) is 15.0. The SMILES string of the molecule is O=C(O)c1cnn(C2CCN(C(=O)C3(Cc4ccccc4Cl)CC3)CC2)c1. The molecule has 27 heavy (non-hydrogen) atoms. The van der Waals surface area contributed by atoms with Crippen LogP contribution in [0.4, 0.5) is 0 Å². The molecule has 2 heterocycles. The van der Waals surface area contributed by atoms with Crippen LogP contribution in [0.3, 0.4) is 0 Å². The Hall–Kier alpha value is -2.34. The van der Waals surface area contributed by atoms with Crippen LogP contribution >= 0.6 is 11.6 Å². The van der Waals surface area contributed by atoms with Gasteiger partial charge >= 0.3 is 5.97 Å². The number of halogens is 1. The molecule has 1 aliphatic carbocycles. The van der Waals surface area contributed by atoms with E-state index in [1.54, 1.807) is 10.9 Å². The fourth-order valence-electron chi connectivity index (χ4n) is 3.94. The van der Waals surface area contributed by atoms with Gasteiger partial charge in [0.2, 0.25) is 5.91 Å². The van der Waals surface area contributed by atoms with Gasteiger partial charge in [0.25, 0.3) is 0 Å². The van der Waals surface area contributed by atoms with Crippen molar-refractivity contribution in [2.75, 3.05) is 13.1 Å². The maximum absolute atomic E-state index is 13.1. The van der Waals surface area contributed by atoms with E-state index in [2.05, 4.69) is 5.10 Å². The minimum atomic E-state index is -0.968. The number of hydrogen-bond acceptors (Lipinski definition) is 3. The summed E-state index contributed by atoms with van der Waals surface area (Å²) < 4.78 is 1.72. The highest BCUT2D eigenvalue weighted by molar-refractivity contribution is 6.31. The molecule has 1 saturated heterocycles. The standard InChI is InChI=1S/C20H22ClN3O3/c21-17-4-2-1-3-14(17)11-20(7-8-20)19(27)23-9-5-16(6-10-23)24-13-15(12-22-24)18(25)26/h1-4,12-13,16H,5-11H2,(H,25,26). The Balaban J connectivity index is 1.38. The fraction of sp³-hybridized carbons (Fsp3) is 0.450. The van der Waals surface area contributed by atoms with Crippen molar-refractivity contribution in [3.63, 3.8) is 0 Å². The lowest BCUT2D eigenvalue weighted by atomic mass is 9.93. The molecule has 2 fully saturated rings. The van der Waals surface area contributed by atoms with Crippen LogP contribution in [0.5, 0.6) is 0 Å². The van der Waals surface area contributed by atoms with Crippen molar-refractivity contribution in [2.45, 2.75) is 38.1 Å². The lowest BCUT2D eigenvalue weighted by Crippen LogP contribution is -2.43. The van der Waals surface area contributed by atoms with Crippen LogP contribution in [-0.2, 0) is 11.2 Å². The number of carbonyl (C=O) groups excluding carboxylic acids is 1. The first kappa shape index (κ1) is 18.0. The van der Waals surface area contributed by atoms with Crippen molar-refractivity contribution < 1.29 is 14.7 Å². The van der Waals surface area contributed by atoms with Gasteiger partial charge in [-0.2, -0.15) is 5.10 Å². The summed E-state index contributed by atoms with van der Waals surface area (Å²) in [6, 6.07) is 7.88. The van der Waals surface area contributed by atoms with Crippen LogP contribution in [0.15, 0.2) is 36.7 Å². The van der Waals surface area contributed by atoms with E-state index in [0.29, 0.717) is 19.5 Å². The lowest BCUT2D eigenvalue weighted by molar-refractivity contribution is -0.138. The van der Waals surface area contributed by atoms with Gasteiger partial charge in [0.05, 0.1) is 23.2 Å². The molecule has 1 saturated carbocycles. The number of carboxylic acid groups (broad SMARTS) is 1. The van der Waals surface area contributed by atoms with E-state index in [0.717, 1.165) is 36.3 Å². The van der Waals surface area contributed by atoms with E-state index in [9.17, 15) is 9.59 Å². The van der Waals surface area contributed by atoms with Crippen molar-refractivity contribution in [2.24, 2.45) is 5.41 Å². The number of amides is 1. The van der Waals surface area contributed by atoms with Gasteiger partial charge in [0.15, 0.2) is 0 Å². The number of hydrogen-bond donors (Lipinski definition) is 1. The molecule has 0 atom stereocenters. The predicted molar refractivity (Wildman–Crippen MR) is 101 cm³/mol. The first-order chi connectivity index (χ1) is 13.0. The highest BCUT2D eigenvalue weighted by atomic mass is 35.5. The average molecular weight is 388 g/mol. The second kappa shape index (κ2) is 7.00. The van der Waals surface area contributed by atoms with Gasteiger partial charge in [-0.1, -0.05) is 29.8 Å². The number of aromatic nitrogens is 2. The van der Waals surface area contributed by atoms with Crippen molar-refractivity contribution in [1.82, 2.24) is 14.7 Å². The highest BCUT2D eigenvalue weighted by Gasteiger charge is 2.52. The summed E-state index contributed by atoms with van der Waals surface area (Å²) in [5, 5.41) is 13.9. The Kier molecular flexibility index (Phi) is 4.68. The Morgan fingerprint density at radius 3 is 2.52 bits per heavy atom. The molecule has 1 aromatic carbocycles. The normalized spacial score (nSPS) is 19.1. The number of nitrogens with zero attached hydrogens (tertiary/aromatic N) is 3. The van der Waals surface area contributed by atoms with Gasteiger partial charge in [-0.05, 0) is 43.7 Å². The molecule has 0 spiro atoms. The molecule has 0 radical (unpaired) electrons. The predicted octanol–water partition coefficient (Wildman–Crippen LogP) is 3.42. The number of likely N-dealkylation sites (tertiary alicyclic amines) is 1. The minimum Gasteiger partial charge on any atom is -0.478 e. The van der Waals surface area contributed by atoms with Crippen LogP contribution in [-0.4, -0.2) is 44.8 Å². The van der Waals surface area contributed by atoms with E-state index in [1.807, 2.05) is 29.2 Å². The number of aromatic carboxylic acids is 1. The van der Waals surface area contributed by atoms with Crippen molar-refractivity contribution in [3.8, 4) is 0 Å². The average Bonchev–Trinajstić information content (AvgIpc) is 3.27. The highest BCUT2D eigenvalue weighted by Crippen LogP contribution is 2.51. The maximum atomic E-state index is 13.1. The third-order valence-corrected chi connectivity index (χ3v) is 6.14. The van der Waals surface area contributed by atoms with Crippen LogP contribution in [0, 0.1) is 5.41 Å².